The highest BCUT2D eigenvalue weighted by Gasteiger charge is 2.45. The standard InChI is InChI=1S/C19H20N4O/c1-6-17(20-5)23-16-9-13(14-10-21-12(2)22-11-14)7-8-15(16)19(3,4)18(23)24/h6-11H,1H2,2-5H3. The first-order chi connectivity index (χ1) is 11.4. The molecule has 1 aliphatic rings. The molecule has 0 radical (unpaired) electrons. The van der Waals surface area contributed by atoms with Crippen molar-refractivity contribution < 1.29 is 4.79 Å². The van der Waals surface area contributed by atoms with E-state index in [0.717, 1.165) is 28.2 Å². The first kappa shape index (κ1) is 16.1. The topological polar surface area (TPSA) is 58.5 Å². The second-order valence-corrected chi connectivity index (χ2v) is 6.30. The van der Waals surface area contributed by atoms with Crippen molar-refractivity contribution in [3.05, 3.63) is 54.6 Å². The number of aliphatic imine (C=N–C) groups is 1. The van der Waals surface area contributed by atoms with Gasteiger partial charge in [0.1, 0.15) is 11.7 Å². The number of fused-ring (bicyclic) bond motifs is 1. The SMILES string of the molecule is C=CC(=NC)N1C(=O)C(C)(C)c2ccc(-c3cnc(C)nc3)cc21. The fraction of sp³-hybridized carbons (Fsp3) is 0.263. The van der Waals surface area contributed by atoms with Gasteiger partial charge in [-0.1, -0.05) is 18.7 Å². The second kappa shape index (κ2) is 5.67. The minimum atomic E-state index is -0.601. The molecule has 0 saturated carbocycles. The van der Waals surface area contributed by atoms with Gasteiger partial charge in [-0.3, -0.25) is 14.7 Å². The number of hydrogen-bond acceptors (Lipinski definition) is 4. The van der Waals surface area contributed by atoms with E-state index in [4.69, 9.17) is 0 Å². The summed E-state index contributed by atoms with van der Waals surface area (Å²) in [6.45, 7) is 9.49. The minimum absolute atomic E-state index is 0.00435. The minimum Gasteiger partial charge on any atom is -0.273 e. The van der Waals surface area contributed by atoms with Crippen molar-refractivity contribution in [2.45, 2.75) is 26.2 Å². The molecule has 0 aliphatic carbocycles. The smallest absolute Gasteiger partial charge is 0.242 e. The first-order valence-corrected chi connectivity index (χ1v) is 7.77. The fourth-order valence-electron chi connectivity index (χ4n) is 2.98. The quantitative estimate of drug-likeness (QED) is 0.630. The Morgan fingerprint density at radius 2 is 1.92 bits per heavy atom. The Morgan fingerprint density at radius 1 is 1.25 bits per heavy atom. The Hall–Kier alpha value is -2.82. The molecular formula is C19H20N4O. The molecule has 0 bridgehead atoms. The van der Waals surface area contributed by atoms with Gasteiger partial charge in [0, 0.05) is 25.0 Å². The Labute approximate surface area is 141 Å². The Morgan fingerprint density at radius 3 is 2.50 bits per heavy atom. The van der Waals surface area contributed by atoms with Crippen molar-refractivity contribution in [2.24, 2.45) is 4.99 Å². The highest BCUT2D eigenvalue weighted by molar-refractivity contribution is 6.27. The van der Waals surface area contributed by atoms with Crippen LogP contribution in [0.4, 0.5) is 5.69 Å². The summed E-state index contributed by atoms with van der Waals surface area (Å²) in [6.07, 6.45) is 5.18. The van der Waals surface area contributed by atoms with Crippen LogP contribution in [0, 0.1) is 6.92 Å². The van der Waals surface area contributed by atoms with E-state index >= 15 is 0 Å². The maximum Gasteiger partial charge on any atom is 0.242 e. The molecule has 0 fully saturated rings. The molecule has 122 valence electrons. The number of amidine groups is 1. The van der Waals surface area contributed by atoms with Crippen LogP contribution in [0.5, 0.6) is 0 Å². The number of benzene rings is 1. The molecular weight excluding hydrogens is 300 g/mol. The highest BCUT2D eigenvalue weighted by atomic mass is 16.2. The molecule has 3 rings (SSSR count). The molecule has 1 aliphatic heterocycles. The summed E-state index contributed by atoms with van der Waals surface area (Å²) in [7, 11) is 1.66. The lowest BCUT2D eigenvalue weighted by molar-refractivity contribution is -0.121. The number of aromatic nitrogens is 2. The molecule has 0 atom stereocenters. The number of anilines is 1. The molecule has 2 aromatic rings. The number of carbonyl (C=O) groups excluding carboxylic acids is 1. The third-order valence-corrected chi connectivity index (χ3v) is 4.40. The van der Waals surface area contributed by atoms with E-state index in [-0.39, 0.29) is 5.91 Å². The summed E-state index contributed by atoms with van der Waals surface area (Å²) >= 11 is 0. The highest BCUT2D eigenvalue weighted by Crippen LogP contribution is 2.43. The Balaban J connectivity index is 2.18. The van der Waals surface area contributed by atoms with Crippen molar-refractivity contribution >= 4 is 17.4 Å². The van der Waals surface area contributed by atoms with Gasteiger partial charge in [0.25, 0.3) is 0 Å². The molecule has 0 unspecified atom stereocenters. The number of amides is 1. The van der Waals surface area contributed by atoms with E-state index < -0.39 is 5.41 Å². The zero-order chi connectivity index (χ0) is 17.5. The normalized spacial score (nSPS) is 16.2. The van der Waals surface area contributed by atoms with Gasteiger partial charge in [0.05, 0.1) is 11.1 Å². The molecule has 5 heteroatoms. The fourth-order valence-corrected chi connectivity index (χ4v) is 2.98. The van der Waals surface area contributed by atoms with Gasteiger partial charge in [-0.2, -0.15) is 0 Å². The van der Waals surface area contributed by atoms with Gasteiger partial charge >= 0.3 is 0 Å². The zero-order valence-electron chi connectivity index (χ0n) is 14.4. The lowest BCUT2D eigenvalue weighted by Crippen LogP contribution is -2.39. The van der Waals surface area contributed by atoms with Gasteiger partial charge in [-0.15, -0.1) is 0 Å². The third kappa shape index (κ3) is 2.33. The van der Waals surface area contributed by atoms with Crippen molar-refractivity contribution in [1.82, 2.24) is 9.97 Å². The molecule has 0 spiro atoms. The molecule has 1 aromatic heterocycles. The van der Waals surface area contributed by atoms with Crippen LogP contribution >= 0.6 is 0 Å². The van der Waals surface area contributed by atoms with E-state index in [0.29, 0.717) is 5.84 Å². The number of nitrogens with zero attached hydrogens (tertiary/aromatic N) is 4. The zero-order valence-corrected chi connectivity index (χ0v) is 14.4. The monoisotopic (exact) mass is 320 g/mol. The Bertz CT molecular complexity index is 850. The lowest BCUT2D eigenvalue weighted by Gasteiger charge is -2.20. The van der Waals surface area contributed by atoms with Crippen LogP contribution in [-0.4, -0.2) is 28.8 Å². The van der Waals surface area contributed by atoms with Gasteiger partial charge < -0.3 is 0 Å². The second-order valence-electron chi connectivity index (χ2n) is 6.30. The van der Waals surface area contributed by atoms with Gasteiger partial charge in [0.2, 0.25) is 5.91 Å². The average Bonchev–Trinajstić information content (AvgIpc) is 2.77. The van der Waals surface area contributed by atoms with E-state index in [9.17, 15) is 4.79 Å². The largest absolute Gasteiger partial charge is 0.273 e. The predicted octanol–water partition coefficient (Wildman–Crippen LogP) is 3.29. The number of aryl methyl sites for hydroxylation is 1. The predicted molar refractivity (Wildman–Crippen MR) is 96.3 cm³/mol. The van der Waals surface area contributed by atoms with Crippen LogP contribution in [0.25, 0.3) is 11.1 Å². The van der Waals surface area contributed by atoms with Crippen molar-refractivity contribution in [1.29, 1.82) is 0 Å². The molecule has 2 heterocycles. The summed E-state index contributed by atoms with van der Waals surface area (Å²) < 4.78 is 0. The average molecular weight is 320 g/mol. The number of hydrogen-bond donors (Lipinski definition) is 0. The van der Waals surface area contributed by atoms with Crippen LogP contribution in [0.1, 0.15) is 25.2 Å². The van der Waals surface area contributed by atoms with E-state index in [1.807, 2.05) is 39.0 Å². The molecule has 5 nitrogen and oxygen atoms in total. The van der Waals surface area contributed by atoms with Crippen LogP contribution in [0.3, 0.4) is 0 Å². The molecule has 24 heavy (non-hydrogen) atoms. The summed E-state index contributed by atoms with van der Waals surface area (Å²) in [4.78, 5) is 27.2. The summed E-state index contributed by atoms with van der Waals surface area (Å²) in [6, 6.07) is 5.99. The van der Waals surface area contributed by atoms with Crippen LogP contribution in [0.2, 0.25) is 0 Å². The maximum atomic E-state index is 12.9. The number of carbonyl (C=O) groups is 1. The molecule has 1 amide bonds. The van der Waals surface area contributed by atoms with Gasteiger partial charge in [0.15, 0.2) is 0 Å². The Kier molecular flexibility index (Phi) is 3.79. The molecule has 0 N–H and O–H groups in total. The third-order valence-electron chi connectivity index (χ3n) is 4.40. The van der Waals surface area contributed by atoms with Crippen molar-refractivity contribution in [3.8, 4) is 11.1 Å². The van der Waals surface area contributed by atoms with E-state index in [2.05, 4.69) is 21.5 Å². The van der Waals surface area contributed by atoms with E-state index in [1.165, 1.54) is 0 Å². The summed E-state index contributed by atoms with van der Waals surface area (Å²) in [5, 5.41) is 0. The maximum absolute atomic E-state index is 12.9. The van der Waals surface area contributed by atoms with Gasteiger partial charge in [-0.25, -0.2) is 9.97 Å². The van der Waals surface area contributed by atoms with Crippen molar-refractivity contribution in [2.75, 3.05) is 11.9 Å². The van der Waals surface area contributed by atoms with Crippen molar-refractivity contribution in [3.63, 3.8) is 0 Å². The van der Waals surface area contributed by atoms with E-state index in [1.54, 1.807) is 30.4 Å². The first-order valence-electron chi connectivity index (χ1n) is 7.77. The van der Waals surface area contributed by atoms with Crippen LogP contribution in [0.15, 0.2) is 48.2 Å². The summed E-state index contributed by atoms with van der Waals surface area (Å²) in [5.41, 5.74) is 3.09. The molecule has 0 saturated heterocycles. The van der Waals surface area contributed by atoms with Crippen LogP contribution in [-0.2, 0) is 10.2 Å². The summed E-state index contributed by atoms with van der Waals surface area (Å²) in [5.74, 6) is 1.27. The number of rotatable bonds is 2. The lowest BCUT2D eigenvalue weighted by atomic mass is 9.85. The van der Waals surface area contributed by atoms with Gasteiger partial charge in [-0.05, 0) is 44.0 Å². The molecule has 1 aromatic carbocycles. The van der Waals surface area contributed by atoms with Crippen LogP contribution < -0.4 is 4.90 Å².